The summed E-state index contributed by atoms with van der Waals surface area (Å²) in [4.78, 5) is 5.31. The van der Waals surface area contributed by atoms with Crippen LogP contribution >= 0.6 is 0 Å². The maximum absolute atomic E-state index is 2.67. The first kappa shape index (κ1) is 50.4. The Balaban J connectivity index is 1.21. The van der Waals surface area contributed by atoms with Gasteiger partial charge in [-0.1, -0.05) is 216 Å². The molecule has 0 N–H and O–H groups in total. The molecule has 78 heavy (non-hydrogen) atoms. The van der Waals surface area contributed by atoms with Gasteiger partial charge in [-0.15, -0.1) is 0 Å². The molecule has 0 fully saturated rings. The largest absolute Gasteiger partial charge is 0.309 e. The van der Waals surface area contributed by atoms with Crippen LogP contribution in [0.1, 0.15) is 105 Å². The number of nitrogens with zero attached hydrogens (tertiary/aromatic N) is 2. The van der Waals surface area contributed by atoms with E-state index in [4.69, 9.17) is 0 Å². The molecule has 2 heteroatoms. The molecule has 0 aromatic heterocycles. The quantitative estimate of drug-likeness (QED) is 0.113. The molecule has 0 heterocycles. The van der Waals surface area contributed by atoms with Gasteiger partial charge in [-0.25, -0.2) is 0 Å². The van der Waals surface area contributed by atoms with E-state index in [1.54, 1.807) is 0 Å². The van der Waals surface area contributed by atoms with E-state index in [1.165, 1.54) is 150 Å². The summed E-state index contributed by atoms with van der Waals surface area (Å²) in [5.74, 6) is 0.732. The van der Waals surface area contributed by atoms with Gasteiger partial charge < -0.3 is 9.80 Å². The number of aryl methyl sites for hydroxylation is 3. The van der Waals surface area contributed by atoms with Crippen molar-refractivity contribution in [1.82, 2.24) is 0 Å². The van der Waals surface area contributed by atoms with Crippen LogP contribution in [-0.2, 0) is 0 Å². The molecule has 0 radical (unpaired) electrons. The van der Waals surface area contributed by atoms with E-state index >= 15 is 0 Å². The maximum atomic E-state index is 2.67. The van der Waals surface area contributed by atoms with Crippen molar-refractivity contribution in [3.63, 3.8) is 0 Å². The van der Waals surface area contributed by atoms with Crippen LogP contribution in [0.4, 0.5) is 28.4 Å². The molecular weight excluding hydrogens is 941 g/mol. The van der Waals surface area contributed by atoms with Gasteiger partial charge >= 0.3 is 0 Å². The minimum absolute atomic E-state index is 0.242. The van der Waals surface area contributed by atoms with Gasteiger partial charge in [-0.3, -0.25) is 0 Å². The Bertz CT molecular complexity index is 4100. The highest BCUT2D eigenvalue weighted by atomic mass is 15.2. The van der Waals surface area contributed by atoms with E-state index in [0.717, 1.165) is 6.42 Å². The highest BCUT2D eigenvalue weighted by Crippen LogP contribution is 2.54. The molecule has 2 nitrogen and oxygen atoms in total. The third-order valence-corrected chi connectivity index (χ3v) is 17.1. The van der Waals surface area contributed by atoms with Crippen LogP contribution < -0.4 is 9.80 Å². The normalized spacial score (nSPS) is 13.8. The Labute approximate surface area is 463 Å². The van der Waals surface area contributed by atoms with E-state index in [2.05, 4.69) is 291 Å². The third kappa shape index (κ3) is 8.69. The standard InChI is InChI=1S/C76H70N2/c1-47(2)67-45-71(77(69-43-59(35-31-49(69)5)55-23-15-11-16-24-55)75-51(7)33-37-61(53(75)9)57-27-19-13-20-28-57)65-42-40-64-68(48(3)4)46-72(66-41-39-63(67)73(65)74(64)66)78(70-44-60(36-32-50(70)6)56-25-17-12-18-26-56)76-52(8)34-38-62(54(76)10)58-29-21-14-22-30-58/h11-37,39-48,62H,38H2,1-10H3. The van der Waals surface area contributed by atoms with Crippen molar-refractivity contribution in [3.05, 3.63) is 268 Å². The molecule has 0 saturated heterocycles. The van der Waals surface area contributed by atoms with Gasteiger partial charge in [0.15, 0.2) is 0 Å². The highest BCUT2D eigenvalue weighted by Gasteiger charge is 2.32. The van der Waals surface area contributed by atoms with Crippen molar-refractivity contribution in [2.24, 2.45) is 0 Å². The van der Waals surface area contributed by atoms with Crippen LogP contribution in [0.3, 0.4) is 0 Å². The van der Waals surface area contributed by atoms with E-state index in [-0.39, 0.29) is 17.8 Å². The summed E-state index contributed by atoms with van der Waals surface area (Å²) >= 11 is 0. The summed E-state index contributed by atoms with van der Waals surface area (Å²) in [6, 6.07) is 77.5. The van der Waals surface area contributed by atoms with Crippen LogP contribution in [0.5, 0.6) is 0 Å². The fourth-order valence-corrected chi connectivity index (χ4v) is 13.0. The van der Waals surface area contributed by atoms with Crippen molar-refractivity contribution in [2.45, 2.75) is 93.4 Å². The molecule has 12 rings (SSSR count). The topological polar surface area (TPSA) is 6.48 Å². The number of hydrogen-bond acceptors (Lipinski definition) is 2. The van der Waals surface area contributed by atoms with Gasteiger partial charge in [-0.2, -0.15) is 0 Å². The molecule has 0 bridgehead atoms. The van der Waals surface area contributed by atoms with Gasteiger partial charge in [0.2, 0.25) is 0 Å². The fraction of sp³-hybridized carbons (Fsp3) is 0.184. The Morgan fingerprint density at radius 1 is 0.385 bits per heavy atom. The summed E-state index contributed by atoms with van der Waals surface area (Å²) in [5, 5.41) is 7.79. The zero-order valence-electron chi connectivity index (χ0n) is 47.0. The van der Waals surface area contributed by atoms with Crippen LogP contribution in [0.15, 0.2) is 229 Å². The van der Waals surface area contributed by atoms with Crippen molar-refractivity contribution < 1.29 is 0 Å². The van der Waals surface area contributed by atoms with Crippen molar-refractivity contribution >= 4 is 60.8 Å². The molecule has 11 aromatic rings. The smallest absolute Gasteiger partial charge is 0.0543 e. The van der Waals surface area contributed by atoms with Crippen LogP contribution in [-0.4, -0.2) is 0 Å². The fourth-order valence-electron chi connectivity index (χ4n) is 13.0. The Hall–Kier alpha value is -8.46. The third-order valence-electron chi connectivity index (χ3n) is 17.1. The maximum Gasteiger partial charge on any atom is 0.0543 e. The lowest BCUT2D eigenvalue weighted by molar-refractivity contribution is 0.767. The number of rotatable bonds is 12. The zero-order chi connectivity index (χ0) is 53.9. The molecule has 0 amide bonds. The highest BCUT2D eigenvalue weighted by molar-refractivity contribution is 6.29. The average molecular weight is 1010 g/mol. The lowest BCUT2D eigenvalue weighted by Crippen LogP contribution is -2.24. The van der Waals surface area contributed by atoms with Crippen LogP contribution in [0.25, 0.3) is 65.7 Å². The molecule has 384 valence electrons. The second kappa shape index (κ2) is 20.5. The van der Waals surface area contributed by atoms with Gasteiger partial charge in [0, 0.05) is 33.8 Å². The van der Waals surface area contributed by atoms with E-state index in [9.17, 15) is 0 Å². The summed E-state index contributed by atoms with van der Waals surface area (Å²) < 4.78 is 0. The first-order valence-corrected chi connectivity index (χ1v) is 28.2. The molecule has 1 aliphatic carbocycles. The lowest BCUT2D eigenvalue weighted by atomic mass is 9.81. The van der Waals surface area contributed by atoms with Gasteiger partial charge in [0.1, 0.15) is 0 Å². The number of anilines is 5. The minimum Gasteiger partial charge on any atom is -0.309 e. The van der Waals surface area contributed by atoms with Crippen molar-refractivity contribution in [2.75, 3.05) is 9.80 Å². The predicted molar refractivity (Wildman–Crippen MR) is 337 cm³/mol. The Morgan fingerprint density at radius 2 is 0.821 bits per heavy atom. The number of allylic oxidation sites excluding steroid dienone is 3. The van der Waals surface area contributed by atoms with Crippen LogP contribution in [0.2, 0.25) is 0 Å². The van der Waals surface area contributed by atoms with Crippen LogP contribution in [0, 0.1) is 27.7 Å². The molecule has 0 saturated carbocycles. The number of hydrogen-bond donors (Lipinski definition) is 0. The van der Waals surface area contributed by atoms with E-state index < -0.39 is 0 Å². The first-order valence-electron chi connectivity index (χ1n) is 28.2. The Kier molecular flexibility index (Phi) is 13.2. The molecule has 1 aliphatic rings. The van der Waals surface area contributed by atoms with Gasteiger partial charge in [-0.05, 0) is 189 Å². The predicted octanol–water partition coefficient (Wildman–Crippen LogP) is 22.1. The SMILES string of the molecule is CC1=CCC(c2ccccc2)C(C)=C1N(c1cc(-c2ccccc2)ccc1C)c1cc(C(C)C)c2ccc3c(N(c4cc(-c5ccccc5)ccc4C)c4c(C)ccc(-c5ccccc5)c4C)cc(C(C)C)c4ccc1c2c43. The minimum atomic E-state index is 0.242. The summed E-state index contributed by atoms with van der Waals surface area (Å²) in [5.41, 5.74) is 26.2. The van der Waals surface area contributed by atoms with E-state index in [0.29, 0.717) is 0 Å². The molecular formula is C76H70N2. The van der Waals surface area contributed by atoms with E-state index in [1.807, 2.05) is 0 Å². The summed E-state index contributed by atoms with van der Waals surface area (Å²) in [6.45, 7) is 23.5. The molecule has 1 atom stereocenters. The Morgan fingerprint density at radius 3 is 1.32 bits per heavy atom. The number of benzene rings is 11. The monoisotopic (exact) mass is 1010 g/mol. The zero-order valence-corrected chi connectivity index (χ0v) is 47.0. The lowest BCUT2D eigenvalue weighted by Gasteiger charge is -2.37. The first-order chi connectivity index (χ1) is 37.9. The molecule has 11 aromatic carbocycles. The van der Waals surface area contributed by atoms with Gasteiger partial charge in [0.05, 0.1) is 17.1 Å². The second-order valence-electron chi connectivity index (χ2n) is 22.6. The summed E-state index contributed by atoms with van der Waals surface area (Å²) in [7, 11) is 0. The average Bonchev–Trinajstić information content (AvgIpc) is 3.66. The van der Waals surface area contributed by atoms with Crippen molar-refractivity contribution in [1.29, 1.82) is 0 Å². The van der Waals surface area contributed by atoms with Crippen molar-refractivity contribution in [3.8, 4) is 33.4 Å². The molecule has 0 aliphatic heterocycles. The molecule has 1 unspecified atom stereocenters. The molecule has 0 spiro atoms. The van der Waals surface area contributed by atoms with Gasteiger partial charge in [0.25, 0.3) is 0 Å². The summed E-state index contributed by atoms with van der Waals surface area (Å²) in [6.07, 6.45) is 3.46. The second-order valence-corrected chi connectivity index (χ2v) is 22.6.